The van der Waals surface area contributed by atoms with Crippen LogP contribution in [0.1, 0.15) is 12.6 Å². The first-order valence-corrected chi connectivity index (χ1v) is 8.54. The van der Waals surface area contributed by atoms with Crippen molar-refractivity contribution in [2.45, 2.75) is 13.8 Å². The van der Waals surface area contributed by atoms with Crippen LogP contribution in [0.15, 0.2) is 48.5 Å². The molecule has 134 valence electrons. The molecule has 0 fully saturated rings. The van der Waals surface area contributed by atoms with E-state index in [9.17, 15) is 5.11 Å². The summed E-state index contributed by atoms with van der Waals surface area (Å²) in [5, 5.41) is 15.0. The van der Waals surface area contributed by atoms with Crippen molar-refractivity contribution < 1.29 is 6.53 Å². The van der Waals surface area contributed by atoms with Gasteiger partial charge in [0.2, 0.25) is 0 Å². The van der Waals surface area contributed by atoms with Crippen molar-refractivity contribution in [2.24, 2.45) is 0 Å². The van der Waals surface area contributed by atoms with Gasteiger partial charge in [-0.1, -0.05) is 36.4 Å². The highest BCUT2D eigenvalue weighted by Gasteiger charge is 2.19. The Morgan fingerprint density at radius 2 is 1.54 bits per heavy atom. The summed E-state index contributed by atoms with van der Waals surface area (Å²) in [4.78, 5) is 0. The van der Waals surface area contributed by atoms with Crippen molar-refractivity contribution in [3.05, 3.63) is 59.7 Å². The summed E-state index contributed by atoms with van der Waals surface area (Å²) in [6, 6.07) is 18.1. The van der Waals surface area contributed by atoms with E-state index in [1.54, 1.807) is 16.8 Å². The summed E-state index contributed by atoms with van der Waals surface area (Å²) < 4.78 is 1.55. The Hall–Kier alpha value is -4.31. The van der Waals surface area contributed by atoms with Gasteiger partial charge in [0.1, 0.15) is 5.75 Å². The van der Waals surface area contributed by atoms with Crippen LogP contribution in [0, 0.1) is 61.8 Å². The van der Waals surface area contributed by atoms with Crippen LogP contribution in [-0.2, 0) is 0 Å². The van der Waals surface area contributed by atoms with Crippen LogP contribution in [0.25, 0.3) is 22.5 Å². The Bertz CT molecular complexity index is 1280. The smallest absolute Gasteiger partial charge is 0.125 e. The van der Waals surface area contributed by atoms with Crippen molar-refractivity contribution in [1.82, 2.24) is 9.78 Å². The Kier molecular flexibility index (Phi) is 5.53. The zero-order valence-corrected chi connectivity index (χ0v) is 15.5. The SMILES string of the molecule is C#CC#CC#CC#Cn1nc(-c2ccccc2C)c(C)c1-c1ccccc1O.[HH]. The zero-order chi connectivity index (χ0) is 19.9. The minimum atomic E-state index is 0. The van der Waals surface area contributed by atoms with Crippen LogP contribution >= 0.6 is 0 Å². The summed E-state index contributed by atoms with van der Waals surface area (Å²) in [6.45, 7) is 4.01. The number of nitrogens with zero attached hydrogens (tertiary/aromatic N) is 2. The van der Waals surface area contributed by atoms with Gasteiger partial charge in [0, 0.05) is 41.9 Å². The van der Waals surface area contributed by atoms with E-state index in [-0.39, 0.29) is 7.18 Å². The lowest BCUT2D eigenvalue weighted by Crippen LogP contribution is -1.95. The Labute approximate surface area is 166 Å². The van der Waals surface area contributed by atoms with E-state index >= 15 is 0 Å². The molecule has 1 N–H and O–H groups in total. The topological polar surface area (TPSA) is 38.0 Å². The summed E-state index contributed by atoms with van der Waals surface area (Å²) >= 11 is 0. The molecular weight excluding hydrogens is 344 g/mol. The number of para-hydroxylation sites is 1. The first kappa shape index (κ1) is 18.5. The van der Waals surface area contributed by atoms with Crippen molar-refractivity contribution in [3.8, 4) is 76.3 Å². The molecule has 2 aromatic carbocycles. The molecular formula is C25H18N2O. The number of terminal acetylenes is 1. The van der Waals surface area contributed by atoms with E-state index in [4.69, 9.17) is 6.42 Å². The largest absolute Gasteiger partial charge is 0.507 e. The summed E-state index contributed by atoms with van der Waals surface area (Å²) in [5.41, 5.74) is 5.23. The molecule has 0 unspecified atom stereocenters. The normalized spacial score (nSPS) is 9.04. The lowest BCUT2D eigenvalue weighted by atomic mass is 9.99. The second-order valence-corrected chi connectivity index (χ2v) is 5.95. The van der Waals surface area contributed by atoms with Gasteiger partial charge in [0.25, 0.3) is 0 Å². The third-order valence-corrected chi connectivity index (χ3v) is 4.17. The van der Waals surface area contributed by atoms with Crippen molar-refractivity contribution in [3.63, 3.8) is 0 Å². The predicted molar refractivity (Wildman–Crippen MR) is 114 cm³/mol. The highest BCUT2D eigenvalue weighted by Crippen LogP contribution is 2.36. The van der Waals surface area contributed by atoms with E-state index in [0.717, 1.165) is 28.1 Å². The minimum absolute atomic E-state index is 0. The molecule has 3 nitrogen and oxygen atoms in total. The van der Waals surface area contributed by atoms with E-state index in [2.05, 4.69) is 46.7 Å². The van der Waals surface area contributed by atoms with Crippen molar-refractivity contribution in [2.75, 3.05) is 0 Å². The minimum Gasteiger partial charge on any atom is -0.507 e. The number of aryl methyl sites for hydroxylation is 1. The molecule has 0 saturated carbocycles. The molecule has 1 heterocycles. The van der Waals surface area contributed by atoms with E-state index < -0.39 is 0 Å². The highest BCUT2D eigenvalue weighted by atomic mass is 16.3. The van der Waals surface area contributed by atoms with Crippen LogP contribution in [0.2, 0.25) is 0 Å². The number of aromatic hydroxyl groups is 1. The second kappa shape index (κ2) is 8.38. The number of rotatable bonds is 2. The molecule has 3 heteroatoms. The number of benzene rings is 2. The predicted octanol–water partition coefficient (Wildman–Crippen LogP) is 4.23. The monoisotopic (exact) mass is 362 g/mol. The zero-order valence-electron chi connectivity index (χ0n) is 15.5. The molecule has 0 amide bonds. The van der Waals surface area contributed by atoms with Gasteiger partial charge in [-0.05, 0) is 49.3 Å². The van der Waals surface area contributed by atoms with Gasteiger partial charge in [-0.25, -0.2) is 0 Å². The summed E-state index contributed by atoms with van der Waals surface area (Å²) in [7, 11) is 0. The molecule has 0 saturated heterocycles. The molecule has 0 aliphatic heterocycles. The number of hydrogen-bond acceptors (Lipinski definition) is 2. The van der Waals surface area contributed by atoms with Gasteiger partial charge in [-0.2, -0.15) is 9.78 Å². The van der Waals surface area contributed by atoms with Gasteiger partial charge in [0.05, 0.1) is 11.4 Å². The Morgan fingerprint density at radius 3 is 2.25 bits per heavy atom. The van der Waals surface area contributed by atoms with Crippen LogP contribution < -0.4 is 0 Å². The first-order chi connectivity index (χ1) is 13.6. The van der Waals surface area contributed by atoms with Gasteiger partial charge >= 0.3 is 0 Å². The van der Waals surface area contributed by atoms with E-state index in [1.165, 1.54) is 0 Å². The van der Waals surface area contributed by atoms with Gasteiger partial charge in [0.15, 0.2) is 0 Å². The Morgan fingerprint density at radius 1 is 0.893 bits per heavy atom. The van der Waals surface area contributed by atoms with E-state index in [1.807, 2.05) is 50.2 Å². The first-order valence-electron chi connectivity index (χ1n) is 8.54. The van der Waals surface area contributed by atoms with Crippen molar-refractivity contribution >= 4 is 0 Å². The number of phenolic OH excluding ortho intramolecular Hbond substituents is 1. The fourth-order valence-electron chi connectivity index (χ4n) is 2.87. The van der Waals surface area contributed by atoms with Crippen LogP contribution in [0.5, 0.6) is 5.75 Å². The van der Waals surface area contributed by atoms with Gasteiger partial charge in [-0.15, -0.1) is 6.42 Å². The molecule has 0 radical (unpaired) electrons. The molecule has 0 atom stereocenters. The lowest BCUT2D eigenvalue weighted by molar-refractivity contribution is 0.477. The molecule has 28 heavy (non-hydrogen) atoms. The fraction of sp³-hybridized carbons (Fsp3) is 0.0800. The lowest BCUT2D eigenvalue weighted by Gasteiger charge is -2.06. The highest BCUT2D eigenvalue weighted by molar-refractivity contribution is 5.79. The Balaban J connectivity index is 0.00000300. The fourth-order valence-corrected chi connectivity index (χ4v) is 2.87. The number of phenols is 1. The maximum absolute atomic E-state index is 10.4. The maximum Gasteiger partial charge on any atom is 0.125 e. The van der Waals surface area contributed by atoms with Gasteiger partial charge in [-0.3, -0.25) is 0 Å². The molecule has 3 aromatic rings. The average molecular weight is 362 g/mol. The van der Waals surface area contributed by atoms with Crippen molar-refractivity contribution in [1.29, 1.82) is 0 Å². The third-order valence-electron chi connectivity index (χ3n) is 4.17. The maximum atomic E-state index is 10.4. The average Bonchev–Trinajstić information content (AvgIpc) is 3.01. The van der Waals surface area contributed by atoms with Gasteiger partial charge < -0.3 is 5.11 Å². The molecule has 0 bridgehead atoms. The number of hydrogen-bond donors (Lipinski definition) is 1. The molecule has 1 aromatic heterocycles. The summed E-state index contributed by atoms with van der Waals surface area (Å²) in [5.74, 6) is 15.2. The number of aromatic nitrogens is 2. The van der Waals surface area contributed by atoms with Crippen LogP contribution in [0.3, 0.4) is 0 Å². The molecule has 0 aliphatic carbocycles. The van der Waals surface area contributed by atoms with E-state index in [0.29, 0.717) is 5.56 Å². The second-order valence-electron chi connectivity index (χ2n) is 5.95. The molecule has 3 rings (SSSR count). The quantitative estimate of drug-likeness (QED) is 0.693. The molecule has 0 aliphatic rings. The standard InChI is InChI=1S/C25H16N2O.H2/c1-4-5-6-7-8-13-18-27-25(22-16-11-12-17-23(22)28)20(3)24(26-27)21-15-10-9-14-19(21)2;/h1,9-12,14-17,28H,2-3H3;1H. The molecule has 0 spiro atoms. The van der Waals surface area contributed by atoms with Crippen LogP contribution in [-0.4, -0.2) is 14.9 Å². The third kappa shape index (κ3) is 3.76. The van der Waals surface area contributed by atoms with Crippen LogP contribution in [0.4, 0.5) is 0 Å². The summed E-state index contributed by atoms with van der Waals surface area (Å²) in [6.07, 6.45) is 5.05.